The van der Waals surface area contributed by atoms with Crippen LogP contribution >= 0.6 is 11.6 Å². The fourth-order valence-corrected chi connectivity index (χ4v) is 4.62. The summed E-state index contributed by atoms with van der Waals surface area (Å²) >= 11 is 5.82. The van der Waals surface area contributed by atoms with Gasteiger partial charge in [0.1, 0.15) is 0 Å². The highest BCUT2D eigenvalue weighted by molar-refractivity contribution is 7.92. The molecule has 3 N–H and O–H groups in total. The molecule has 8 nitrogen and oxygen atoms in total. The van der Waals surface area contributed by atoms with E-state index in [0.29, 0.717) is 22.0 Å². The Morgan fingerprint density at radius 1 is 0.844 bits per heavy atom. The smallest absolute Gasteiger partial charge is 0.261 e. The predicted octanol–water partition coefficient (Wildman–Crippen LogP) is 4.07. The molecular formula is C21H20ClN3O5S2. The predicted molar refractivity (Wildman–Crippen MR) is 126 cm³/mol. The van der Waals surface area contributed by atoms with Crippen molar-refractivity contribution in [1.29, 1.82) is 0 Å². The van der Waals surface area contributed by atoms with Gasteiger partial charge < -0.3 is 5.32 Å². The van der Waals surface area contributed by atoms with Gasteiger partial charge in [-0.15, -0.1) is 0 Å². The summed E-state index contributed by atoms with van der Waals surface area (Å²) in [7, 11) is -7.46. The highest BCUT2D eigenvalue weighted by Crippen LogP contribution is 2.25. The van der Waals surface area contributed by atoms with Gasteiger partial charge in [0.25, 0.3) is 15.9 Å². The van der Waals surface area contributed by atoms with Crippen molar-refractivity contribution >= 4 is 54.6 Å². The molecule has 0 radical (unpaired) electrons. The Morgan fingerprint density at radius 3 is 2.16 bits per heavy atom. The van der Waals surface area contributed by atoms with Crippen molar-refractivity contribution in [1.82, 2.24) is 0 Å². The van der Waals surface area contributed by atoms with Gasteiger partial charge in [0.2, 0.25) is 10.0 Å². The second kappa shape index (κ2) is 9.19. The van der Waals surface area contributed by atoms with Crippen molar-refractivity contribution in [3.63, 3.8) is 0 Å². The lowest BCUT2D eigenvalue weighted by atomic mass is 10.1. The molecule has 11 heteroatoms. The fraction of sp³-hybridized carbons (Fsp3) is 0.0952. The Morgan fingerprint density at radius 2 is 1.50 bits per heavy atom. The molecule has 0 saturated heterocycles. The summed E-state index contributed by atoms with van der Waals surface area (Å²) in [5.41, 5.74) is 1.50. The lowest BCUT2D eigenvalue weighted by Crippen LogP contribution is -2.19. The van der Waals surface area contributed by atoms with E-state index in [2.05, 4.69) is 14.8 Å². The van der Waals surface area contributed by atoms with E-state index in [-0.39, 0.29) is 16.1 Å². The fourth-order valence-electron chi connectivity index (χ4n) is 2.80. The number of amides is 1. The van der Waals surface area contributed by atoms with Crippen molar-refractivity contribution in [2.75, 3.05) is 21.0 Å². The molecule has 3 rings (SSSR count). The van der Waals surface area contributed by atoms with Crippen molar-refractivity contribution in [2.24, 2.45) is 0 Å². The standard InChI is InChI=1S/C21H20ClN3O5S2/c1-14-7-10-16(13-20(14)24-31(2,27)28)23-21(26)18-5-3-4-6-19(18)25-32(29,30)17-11-8-15(22)9-12-17/h3-13,24-25H,1-2H3,(H,23,26). The van der Waals surface area contributed by atoms with E-state index in [1.165, 1.54) is 42.5 Å². The maximum absolute atomic E-state index is 12.9. The zero-order valence-corrected chi connectivity index (χ0v) is 19.5. The van der Waals surface area contributed by atoms with Crippen molar-refractivity contribution in [3.05, 3.63) is 82.9 Å². The van der Waals surface area contributed by atoms with Crippen LogP contribution in [0.4, 0.5) is 17.1 Å². The van der Waals surface area contributed by atoms with Gasteiger partial charge in [0.15, 0.2) is 0 Å². The maximum Gasteiger partial charge on any atom is 0.261 e. The average Bonchev–Trinajstić information content (AvgIpc) is 2.70. The first-order valence-electron chi connectivity index (χ1n) is 9.22. The highest BCUT2D eigenvalue weighted by atomic mass is 35.5. The molecule has 0 atom stereocenters. The number of para-hydroxylation sites is 1. The molecule has 3 aromatic rings. The highest BCUT2D eigenvalue weighted by Gasteiger charge is 2.19. The zero-order chi connectivity index (χ0) is 23.5. The molecule has 0 unspecified atom stereocenters. The minimum absolute atomic E-state index is 0.00728. The number of halogens is 1. The maximum atomic E-state index is 12.9. The van der Waals surface area contributed by atoms with Gasteiger partial charge in [0.05, 0.1) is 28.1 Å². The molecule has 0 aliphatic carbocycles. The van der Waals surface area contributed by atoms with E-state index in [4.69, 9.17) is 11.6 Å². The first-order valence-corrected chi connectivity index (χ1v) is 13.0. The third-order valence-corrected chi connectivity index (χ3v) is 6.55. The Kier molecular flexibility index (Phi) is 6.77. The largest absolute Gasteiger partial charge is 0.322 e. The summed E-state index contributed by atoms with van der Waals surface area (Å²) in [5.74, 6) is -0.575. The summed E-state index contributed by atoms with van der Waals surface area (Å²) in [4.78, 5) is 12.9. The first kappa shape index (κ1) is 23.6. The third kappa shape index (κ3) is 6.00. The molecule has 0 heterocycles. The first-order chi connectivity index (χ1) is 14.9. The summed E-state index contributed by atoms with van der Waals surface area (Å²) in [6.07, 6.45) is 1.03. The van der Waals surface area contributed by atoms with Crippen LogP contribution in [-0.2, 0) is 20.0 Å². The summed E-state index contributed by atoms with van der Waals surface area (Å²) in [6, 6.07) is 16.5. The number of aryl methyl sites for hydroxylation is 1. The molecule has 0 spiro atoms. The second-order valence-corrected chi connectivity index (χ2v) is 10.8. The van der Waals surface area contributed by atoms with E-state index in [1.54, 1.807) is 31.2 Å². The number of hydrogen-bond acceptors (Lipinski definition) is 5. The van der Waals surface area contributed by atoms with Crippen LogP contribution in [0.2, 0.25) is 5.02 Å². The van der Waals surface area contributed by atoms with Gasteiger partial charge in [-0.3, -0.25) is 14.2 Å². The van der Waals surface area contributed by atoms with Gasteiger partial charge in [-0.2, -0.15) is 0 Å². The van der Waals surface area contributed by atoms with Gasteiger partial charge in [0, 0.05) is 10.7 Å². The van der Waals surface area contributed by atoms with Crippen LogP contribution in [0, 0.1) is 6.92 Å². The second-order valence-electron chi connectivity index (χ2n) is 6.96. The lowest BCUT2D eigenvalue weighted by molar-refractivity contribution is 0.102. The van der Waals surface area contributed by atoms with Crippen LogP contribution in [0.5, 0.6) is 0 Å². The minimum atomic E-state index is -3.96. The van der Waals surface area contributed by atoms with E-state index in [0.717, 1.165) is 6.26 Å². The van der Waals surface area contributed by atoms with Crippen LogP contribution < -0.4 is 14.8 Å². The number of carbonyl (C=O) groups excluding carboxylic acids is 1. The van der Waals surface area contributed by atoms with Gasteiger partial charge in [-0.1, -0.05) is 29.8 Å². The Balaban J connectivity index is 1.86. The van der Waals surface area contributed by atoms with E-state index in [1.807, 2.05) is 0 Å². The zero-order valence-electron chi connectivity index (χ0n) is 17.1. The molecule has 0 saturated carbocycles. The van der Waals surface area contributed by atoms with Crippen molar-refractivity contribution < 1.29 is 21.6 Å². The van der Waals surface area contributed by atoms with E-state index in [9.17, 15) is 21.6 Å². The molecule has 168 valence electrons. The molecule has 0 bridgehead atoms. The van der Waals surface area contributed by atoms with Gasteiger partial charge >= 0.3 is 0 Å². The Bertz CT molecular complexity index is 1370. The summed E-state index contributed by atoms with van der Waals surface area (Å²) in [6.45, 7) is 1.72. The molecule has 1 amide bonds. The molecule has 3 aromatic carbocycles. The average molecular weight is 494 g/mol. The third-order valence-electron chi connectivity index (χ3n) is 4.33. The summed E-state index contributed by atoms with van der Waals surface area (Å²) < 4.78 is 53.3. The number of carbonyl (C=O) groups is 1. The quantitative estimate of drug-likeness (QED) is 0.458. The number of benzene rings is 3. The topological polar surface area (TPSA) is 121 Å². The lowest BCUT2D eigenvalue weighted by Gasteiger charge is -2.14. The Hall–Kier alpha value is -3.08. The molecule has 32 heavy (non-hydrogen) atoms. The van der Waals surface area contributed by atoms with Crippen LogP contribution in [0.15, 0.2) is 71.6 Å². The van der Waals surface area contributed by atoms with Crippen molar-refractivity contribution in [3.8, 4) is 0 Å². The monoisotopic (exact) mass is 493 g/mol. The molecular weight excluding hydrogens is 474 g/mol. The van der Waals surface area contributed by atoms with Crippen molar-refractivity contribution in [2.45, 2.75) is 11.8 Å². The van der Waals surface area contributed by atoms with Crippen LogP contribution in [0.3, 0.4) is 0 Å². The van der Waals surface area contributed by atoms with E-state index >= 15 is 0 Å². The molecule has 0 aromatic heterocycles. The van der Waals surface area contributed by atoms with Gasteiger partial charge in [-0.25, -0.2) is 16.8 Å². The number of rotatable bonds is 7. The Labute approximate surface area is 191 Å². The normalized spacial score (nSPS) is 11.6. The number of anilines is 3. The van der Waals surface area contributed by atoms with Crippen LogP contribution in [0.1, 0.15) is 15.9 Å². The minimum Gasteiger partial charge on any atom is -0.322 e. The summed E-state index contributed by atoms with van der Waals surface area (Å²) in [5, 5.41) is 3.05. The van der Waals surface area contributed by atoms with Crippen LogP contribution in [-0.4, -0.2) is 29.0 Å². The number of nitrogens with one attached hydrogen (secondary N) is 3. The van der Waals surface area contributed by atoms with Gasteiger partial charge in [-0.05, 0) is 61.0 Å². The van der Waals surface area contributed by atoms with Crippen LogP contribution in [0.25, 0.3) is 0 Å². The molecule has 0 aliphatic heterocycles. The SMILES string of the molecule is Cc1ccc(NC(=O)c2ccccc2NS(=O)(=O)c2ccc(Cl)cc2)cc1NS(C)(=O)=O. The van der Waals surface area contributed by atoms with E-state index < -0.39 is 26.0 Å². The number of hydrogen-bond donors (Lipinski definition) is 3. The number of sulfonamides is 2. The molecule has 0 fully saturated rings. The molecule has 0 aliphatic rings.